The molecule has 3 aromatic heterocycles. The summed E-state index contributed by atoms with van der Waals surface area (Å²) < 4.78 is 48.1. The van der Waals surface area contributed by atoms with E-state index in [1.807, 2.05) is 10.9 Å². The lowest BCUT2D eigenvalue weighted by Gasteiger charge is -2.30. The van der Waals surface area contributed by atoms with Crippen molar-refractivity contribution in [2.45, 2.75) is 51.7 Å². The largest absolute Gasteiger partial charge is 0.494 e. The van der Waals surface area contributed by atoms with E-state index in [0.717, 1.165) is 35.7 Å². The van der Waals surface area contributed by atoms with Crippen LogP contribution in [0.1, 0.15) is 61.8 Å². The van der Waals surface area contributed by atoms with E-state index < -0.39 is 17.8 Å². The summed E-state index contributed by atoms with van der Waals surface area (Å²) in [7, 11) is 1.48. The summed E-state index contributed by atoms with van der Waals surface area (Å²) in [6, 6.07) is 4.65. The van der Waals surface area contributed by atoms with Crippen molar-refractivity contribution in [2.75, 3.05) is 12.4 Å². The summed E-state index contributed by atoms with van der Waals surface area (Å²) in [5.41, 5.74) is -0.405. The fourth-order valence-electron chi connectivity index (χ4n) is 4.93. The Kier molecular flexibility index (Phi) is 6.09. The Morgan fingerprint density at radius 2 is 1.94 bits per heavy atom. The van der Waals surface area contributed by atoms with Gasteiger partial charge in [0.2, 0.25) is 0 Å². The normalized spacial score (nSPS) is 18.8. The minimum absolute atomic E-state index is 0.188. The first kappa shape index (κ1) is 24.1. The standard InChI is InChI=1S/C25H27F3N6O2/c1-14(2)15-4-6-17(7-5-15)34-12-16-10-19(20(36-3)11-18(16)32-34)30-24(35)22-23-31-21(25(26,27)28)8-9-33(23)13-29-22/h8-15,17H,4-7H2,1-3H3,(H,30,35). The highest BCUT2D eigenvalue weighted by Gasteiger charge is 2.33. The zero-order chi connectivity index (χ0) is 25.6. The molecule has 1 aliphatic carbocycles. The number of halogens is 3. The number of amides is 1. The Labute approximate surface area is 205 Å². The third-order valence-corrected chi connectivity index (χ3v) is 7.04. The molecule has 1 amide bonds. The highest BCUT2D eigenvalue weighted by Crippen LogP contribution is 2.37. The van der Waals surface area contributed by atoms with Gasteiger partial charge in [0, 0.05) is 23.8 Å². The lowest BCUT2D eigenvalue weighted by atomic mass is 9.80. The average Bonchev–Trinajstić information content (AvgIpc) is 3.46. The summed E-state index contributed by atoms with van der Waals surface area (Å²) >= 11 is 0. The maximum Gasteiger partial charge on any atom is 0.433 e. The second-order valence-corrected chi connectivity index (χ2v) is 9.62. The molecule has 11 heteroatoms. The number of alkyl halides is 3. The second kappa shape index (κ2) is 9.11. The molecule has 1 aromatic carbocycles. The third-order valence-electron chi connectivity index (χ3n) is 7.04. The van der Waals surface area contributed by atoms with Gasteiger partial charge in [0.1, 0.15) is 17.8 Å². The van der Waals surface area contributed by atoms with Crippen LogP contribution >= 0.6 is 0 Å². The number of methoxy groups -OCH3 is 1. The predicted octanol–water partition coefficient (Wildman–Crippen LogP) is 5.75. The quantitative estimate of drug-likeness (QED) is 0.377. The van der Waals surface area contributed by atoms with E-state index in [0.29, 0.717) is 23.4 Å². The number of ether oxygens (including phenoxy) is 1. The third kappa shape index (κ3) is 4.49. The molecule has 1 aliphatic rings. The minimum atomic E-state index is -4.64. The molecule has 1 N–H and O–H groups in total. The maximum atomic E-state index is 13.1. The molecule has 5 rings (SSSR count). The second-order valence-electron chi connectivity index (χ2n) is 9.62. The van der Waals surface area contributed by atoms with Gasteiger partial charge in [0.15, 0.2) is 11.3 Å². The van der Waals surface area contributed by atoms with E-state index in [-0.39, 0.29) is 11.3 Å². The number of hydrogen-bond acceptors (Lipinski definition) is 5. The van der Waals surface area contributed by atoms with Gasteiger partial charge in [0.05, 0.1) is 24.4 Å². The number of hydrogen-bond donors (Lipinski definition) is 1. The number of rotatable bonds is 5. The number of imidazole rings is 1. The van der Waals surface area contributed by atoms with Crippen LogP contribution in [0.5, 0.6) is 5.75 Å². The first-order valence-corrected chi connectivity index (χ1v) is 11.9. The number of anilines is 1. The number of nitrogens with zero attached hydrogens (tertiary/aromatic N) is 5. The van der Waals surface area contributed by atoms with Crippen molar-refractivity contribution in [3.05, 3.63) is 48.3 Å². The zero-order valence-electron chi connectivity index (χ0n) is 20.2. The fourth-order valence-corrected chi connectivity index (χ4v) is 4.93. The number of nitrogens with one attached hydrogen (secondary N) is 1. The van der Waals surface area contributed by atoms with Crippen molar-refractivity contribution < 1.29 is 22.7 Å². The van der Waals surface area contributed by atoms with E-state index >= 15 is 0 Å². The number of fused-ring (bicyclic) bond motifs is 2. The molecule has 1 fully saturated rings. The Hall–Kier alpha value is -3.63. The molecular weight excluding hydrogens is 473 g/mol. The first-order chi connectivity index (χ1) is 17.1. The zero-order valence-corrected chi connectivity index (χ0v) is 20.2. The van der Waals surface area contributed by atoms with Gasteiger partial charge in [-0.3, -0.25) is 13.9 Å². The summed E-state index contributed by atoms with van der Waals surface area (Å²) in [6.07, 6.45) is 4.23. The predicted molar refractivity (Wildman–Crippen MR) is 128 cm³/mol. The molecule has 0 unspecified atom stereocenters. The van der Waals surface area contributed by atoms with Crippen LogP contribution in [-0.2, 0) is 6.18 Å². The van der Waals surface area contributed by atoms with Crippen LogP contribution in [0.25, 0.3) is 16.6 Å². The summed E-state index contributed by atoms with van der Waals surface area (Å²) in [5.74, 6) is 1.12. The van der Waals surface area contributed by atoms with Crippen LogP contribution in [0, 0.1) is 11.8 Å². The summed E-state index contributed by atoms with van der Waals surface area (Å²) in [6.45, 7) is 4.54. The molecule has 1 saturated carbocycles. The van der Waals surface area contributed by atoms with Crippen molar-refractivity contribution in [3.8, 4) is 5.75 Å². The van der Waals surface area contributed by atoms with Gasteiger partial charge in [-0.1, -0.05) is 13.8 Å². The van der Waals surface area contributed by atoms with Crippen molar-refractivity contribution in [2.24, 2.45) is 11.8 Å². The Bertz CT molecular complexity index is 1420. The number of aromatic nitrogens is 5. The summed E-state index contributed by atoms with van der Waals surface area (Å²) in [5, 5.41) is 8.29. The smallest absolute Gasteiger partial charge is 0.433 e. The van der Waals surface area contributed by atoms with Gasteiger partial charge in [0.25, 0.3) is 5.91 Å². The highest BCUT2D eigenvalue weighted by atomic mass is 19.4. The molecule has 36 heavy (non-hydrogen) atoms. The Balaban J connectivity index is 1.41. The van der Waals surface area contributed by atoms with Gasteiger partial charge < -0.3 is 10.1 Å². The maximum absolute atomic E-state index is 13.1. The fraction of sp³-hybridized carbons (Fsp3) is 0.440. The molecular formula is C25H27F3N6O2. The Morgan fingerprint density at radius 1 is 1.19 bits per heavy atom. The highest BCUT2D eigenvalue weighted by molar-refractivity contribution is 6.08. The van der Waals surface area contributed by atoms with Gasteiger partial charge in [-0.15, -0.1) is 0 Å². The van der Waals surface area contributed by atoms with Crippen molar-refractivity contribution in [1.82, 2.24) is 24.1 Å². The number of carbonyl (C=O) groups excluding carboxylic acids is 1. The molecule has 0 aliphatic heterocycles. The van der Waals surface area contributed by atoms with Crippen LogP contribution < -0.4 is 10.1 Å². The Morgan fingerprint density at radius 3 is 2.61 bits per heavy atom. The molecule has 0 atom stereocenters. The monoisotopic (exact) mass is 500 g/mol. The van der Waals surface area contributed by atoms with Gasteiger partial charge in [-0.25, -0.2) is 9.97 Å². The molecule has 4 aromatic rings. The van der Waals surface area contributed by atoms with Gasteiger partial charge in [-0.05, 0) is 49.7 Å². The van der Waals surface area contributed by atoms with Crippen LogP contribution in [0.4, 0.5) is 18.9 Å². The molecule has 0 radical (unpaired) electrons. The summed E-state index contributed by atoms with van der Waals surface area (Å²) in [4.78, 5) is 20.6. The van der Waals surface area contributed by atoms with Crippen molar-refractivity contribution >= 4 is 28.1 Å². The van der Waals surface area contributed by atoms with E-state index in [4.69, 9.17) is 9.84 Å². The molecule has 0 spiro atoms. The van der Waals surface area contributed by atoms with Crippen molar-refractivity contribution in [1.29, 1.82) is 0 Å². The number of benzene rings is 1. The molecule has 8 nitrogen and oxygen atoms in total. The van der Waals surface area contributed by atoms with E-state index in [1.54, 1.807) is 12.1 Å². The van der Waals surface area contributed by atoms with Gasteiger partial charge in [-0.2, -0.15) is 18.3 Å². The molecule has 3 heterocycles. The molecule has 190 valence electrons. The lowest BCUT2D eigenvalue weighted by Crippen LogP contribution is -2.21. The number of carbonyl (C=O) groups is 1. The van der Waals surface area contributed by atoms with Crippen LogP contribution in [-0.4, -0.2) is 37.2 Å². The van der Waals surface area contributed by atoms with Crippen LogP contribution in [0.3, 0.4) is 0 Å². The van der Waals surface area contributed by atoms with Crippen LogP contribution in [0.15, 0.2) is 36.9 Å². The van der Waals surface area contributed by atoms with E-state index in [9.17, 15) is 18.0 Å². The first-order valence-electron chi connectivity index (χ1n) is 11.9. The average molecular weight is 501 g/mol. The van der Waals surface area contributed by atoms with E-state index in [1.165, 1.54) is 36.9 Å². The minimum Gasteiger partial charge on any atom is -0.494 e. The molecule has 0 saturated heterocycles. The van der Waals surface area contributed by atoms with Crippen LogP contribution in [0.2, 0.25) is 0 Å². The van der Waals surface area contributed by atoms with E-state index in [2.05, 4.69) is 29.1 Å². The topological polar surface area (TPSA) is 86.3 Å². The van der Waals surface area contributed by atoms with Gasteiger partial charge >= 0.3 is 6.18 Å². The lowest BCUT2D eigenvalue weighted by molar-refractivity contribution is -0.141. The molecule has 0 bridgehead atoms. The van der Waals surface area contributed by atoms with Crippen molar-refractivity contribution in [3.63, 3.8) is 0 Å². The SMILES string of the molecule is COc1cc2nn(C3CCC(C(C)C)CC3)cc2cc1NC(=O)c1ncn2ccc(C(F)(F)F)nc12.